The molecule has 0 amide bonds. The van der Waals surface area contributed by atoms with E-state index in [1.807, 2.05) is 30.3 Å². The first-order chi connectivity index (χ1) is 13.5. The molecule has 6 nitrogen and oxygen atoms in total. The number of nitrogens with zero attached hydrogens (tertiary/aromatic N) is 1. The molecular formula is C21H21N3O3S. The molecule has 0 saturated heterocycles. The number of aromatic amines is 1. The van der Waals surface area contributed by atoms with Gasteiger partial charge in [-0.25, -0.2) is 13.4 Å². The monoisotopic (exact) mass is 395 g/mol. The number of aromatic nitrogens is 2. The quantitative estimate of drug-likeness (QED) is 0.693. The van der Waals surface area contributed by atoms with Crippen molar-refractivity contribution in [2.75, 3.05) is 5.32 Å². The highest BCUT2D eigenvalue weighted by Gasteiger charge is 2.33. The highest BCUT2D eigenvalue weighted by Crippen LogP contribution is 2.27. The van der Waals surface area contributed by atoms with E-state index in [1.54, 1.807) is 30.3 Å². The minimum atomic E-state index is -3.47. The Morgan fingerprint density at radius 2 is 1.71 bits per heavy atom. The molecule has 0 fully saturated rings. The SMILES string of the molecule is O=c1[nH]c(NCc2ccccc2)nc2c1CC(S(=O)(=O)c1ccccc1)CC2. The molecule has 1 atom stereocenters. The van der Waals surface area contributed by atoms with Gasteiger partial charge in [0.2, 0.25) is 5.95 Å². The number of rotatable bonds is 5. The molecule has 0 spiro atoms. The molecule has 28 heavy (non-hydrogen) atoms. The Kier molecular flexibility index (Phi) is 5.00. The van der Waals surface area contributed by atoms with E-state index in [1.165, 1.54) is 0 Å². The van der Waals surface area contributed by atoms with Gasteiger partial charge in [0, 0.05) is 12.1 Å². The lowest BCUT2D eigenvalue weighted by Crippen LogP contribution is -2.33. The van der Waals surface area contributed by atoms with Crippen LogP contribution in [0.4, 0.5) is 5.95 Å². The molecule has 0 aliphatic heterocycles. The predicted molar refractivity (Wildman–Crippen MR) is 108 cm³/mol. The van der Waals surface area contributed by atoms with E-state index in [-0.39, 0.29) is 12.0 Å². The minimum absolute atomic E-state index is 0.188. The Hall–Kier alpha value is -2.93. The van der Waals surface area contributed by atoms with Crippen molar-refractivity contribution in [1.29, 1.82) is 0 Å². The van der Waals surface area contributed by atoms with Crippen molar-refractivity contribution < 1.29 is 8.42 Å². The number of sulfone groups is 1. The van der Waals surface area contributed by atoms with E-state index in [0.717, 1.165) is 5.56 Å². The molecule has 1 aliphatic rings. The summed E-state index contributed by atoms with van der Waals surface area (Å²) in [6, 6.07) is 18.2. The van der Waals surface area contributed by atoms with Crippen molar-refractivity contribution in [1.82, 2.24) is 9.97 Å². The summed E-state index contributed by atoms with van der Waals surface area (Å²) in [5, 5.41) is 2.53. The number of nitrogens with one attached hydrogen (secondary N) is 2. The molecular weight excluding hydrogens is 374 g/mol. The molecule has 4 rings (SSSR count). The van der Waals surface area contributed by atoms with Crippen molar-refractivity contribution in [3.63, 3.8) is 0 Å². The average Bonchev–Trinajstić information content (AvgIpc) is 2.73. The van der Waals surface area contributed by atoms with Gasteiger partial charge in [-0.05, 0) is 37.0 Å². The zero-order valence-electron chi connectivity index (χ0n) is 15.3. The smallest absolute Gasteiger partial charge is 0.255 e. The molecule has 2 N–H and O–H groups in total. The number of anilines is 1. The molecule has 2 aromatic carbocycles. The Morgan fingerprint density at radius 1 is 1.04 bits per heavy atom. The van der Waals surface area contributed by atoms with Gasteiger partial charge in [0.1, 0.15) is 0 Å². The van der Waals surface area contributed by atoms with Crippen molar-refractivity contribution >= 4 is 15.8 Å². The lowest BCUT2D eigenvalue weighted by atomic mass is 9.97. The molecule has 1 heterocycles. The summed E-state index contributed by atoms with van der Waals surface area (Å²) in [5.74, 6) is 0.414. The van der Waals surface area contributed by atoms with Crippen LogP contribution in [-0.2, 0) is 29.2 Å². The maximum atomic E-state index is 12.9. The summed E-state index contributed by atoms with van der Waals surface area (Å²) in [7, 11) is -3.47. The number of aryl methyl sites for hydroxylation is 1. The number of H-pyrrole nitrogens is 1. The third kappa shape index (κ3) is 3.71. The Labute approximate surface area is 163 Å². The van der Waals surface area contributed by atoms with E-state index in [2.05, 4.69) is 15.3 Å². The summed E-state index contributed by atoms with van der Waals surface area (Å²) >= 11 is 0. The van der Waals surface area contributed by atoms with E-state index >= 15 is 0 Å². The number of benzene rings is 2. The van der Waals surface area contributed by atoms with Crippen LogP contribution in [0.1, 0.15) is 23.2 Å². The first-order valence-corrected chi connectivity index (χ1v) is 10.8. The second kappa shape index (κ2) is 7.59. The largest absolute Gasteiger partial charge is 0.352 e. The standard InChI is InChI=1S/C21H21N3O3S/c25-20-18-13-17(28(26,27)16-9-5-2-6-10-16)11-12-19(18)23-21(24-20)22-14-15-7-3-1-4-8-15/h1-10,17H,11-14H2,(H2,22,23,24,25). The zero-order valence-corrected chi connectivity index (χ0v) is 16.1. The van der Waals surface area contributed by atoms with Crippen molar-refractivity contribution in [2.45, 2.75) is 36.0 Å². The van der Waals surface area contributed by atoms with Gasteiger partial charge in [-0.3, -0.25) is 9.78 Å². The highest BCUT2D eigenvalue weighted by molar-refractivity contribution is 7.92. The van der Waals surface area contributed by atoms with E-state index in [0.29, 0.717) is 41.5 Å². The van der Waals surface area contributed by atoms with Gasteiger partial charge in [0.15, 0.2) is 9.84 Å². The summed E-state index contributed by atoms with van der Waals surface area (Å²) in [5.41, 5.74) is 1.96. The molecule has 0 radical (unpaired) electrons. The molecule has 0 saturated carbocycles. The fourth-order valence-electron chi connectivity index (χ4n) is 3.52. The van der Waals surface area contributed by atoms with Crippen LogP contribution < -0.4 is 10.9 Å². The molecule has 1 unspecified atom stereocenters. The molecule has 144 valence electrons. The maximum absolute atomic E-state index is 12.9. The van der Waals surface area contributed by atoms with Gasteiger partial charge in [-0.2, -0.15) is 0 Å². The number of hydrogen-bond acceptors (Lipinski definition) is 5. The van der Waals surface area contributed by atoms with Crippen LogP contribution in [-0.4, -0.2) is 23.6 Å². The van der Waals surface area contributed by atoms with E-state index < -0.39 is 15.1 Å². The second-order valence-corrected chi connectivity index (χ2v) is 9.13. The van der Waals surface area contributed by atoms with Crippen molar-refractivity contribution in [3.05, 3.63) is 87.8 Å². The summed E-state index contributed by atoms with van der Waals surface area (Å²) in [6.45, 7) is 0.549. The molecule has 0 bridgehead atoms. The Balaban J connectivity index is 1.54. The molecule has 3 aromatic rings. The lowest BCUT2D eigenvalue weighted by Gasteiger charge is -2.23. The molecule has 7 heteroatoms. The molecule has 1 aliphatic carbocycles. The van der Waals surface area contributed by atoms with Crippen molar-refractivity contribution in [2.24, 2.45) is 0 Å². The summed E-state index contributed by atoms with van der Waals surface area (Å²) < 4.78 is 25.8. The van der Waals surface area contributed by atoms with Crippen LogP contribution in [0.15, 0.2) is 70.4 Å². The normalized spacial score (nSPS) is 16.4. The zero-order chi connectivity index (χ0) is 19.6. The first-order valence-electron chi connectivity index (χ1n) is 9.23. The molecule has 1 aromatic heterocycles. The van der Waals surface area contributed by atoms with Crippen LogP contribution in [0.5, 0.6) is 0 Å². The minimum Gasteiger partial charge on any atom is -0.352 e. The van der Waals surface area contributed by atoms with E-state index in [9.17, 15) is 13.2 Å². The van der Waals surface area contributed by atoms with Crippen LogP contribution in [0.2, 0.25) is 0 Å². The lowest BCUT2D eigenvalue weighted by molar-refractivity contribution is 0.557. The van der Waals surface area contributed by atoms with Gasteiger partial charge in [0.05, 0.1) is 15.8 Å². The van der Waals surface area contributed by atoms with Crippen molar-refractivity contribution in [3.8, 4) is 0 Å². The predicted octanol–water partition coefficient (Wildman–Crippen LogP) is 2.71. The van der Waals surface area contributed by atoms with E-state index in [4.69, 9.17) is 0 Å². The van der Waals surface area contributed by atoms with Crippen LogP contribution >= 0.6 is 0 Å². The third-order valence-electron chi connectivity index (χ3n) is 5.05. The van der Waals surface area contributed by atoms with Gasteiger partial charge in [-0.15, -0.1) is 0 Å². The fraction of sp³-hybridized carbons (Fsp3) is 0.238. The Bertz CT molecular complexity index is 1130. The van der Waals surface area contributed by atoms with Crippen LogP contribution in [0.3, 0.4) is 0 Å². The topological polar surface area (TPSA) is 91.9 Å². The summed E-state index contributed by atoms with van der Waals surface area (Å²) in [4.78, 5) is 20.1. The van der Waals surface area contributed by atoms with Gasteiger partial charge < -0.3 is 5.32 Å². The maximum Gasteiger partial charge on any atom is 0.255 e. The Morgan fingerprint density at radius 3 is 2.43 bits per heavy atom. The van der Waals surface area contributed by atoms with Gasteiger partial charge in [0.25, 0.3) is 5.56 Å². The van der Waals surface area contributed by atoms with Crippen LogP contribution in [0, 0.1) is 0 Å². The van der Waals surface area contributed by atoms with Gasteiger partial charge >= 0.3 is 0 Å². The first kappa shape index (κ1) is 18.4. The number of fused-ring (bicyclic) bond motifs is 1. The van der Waals surface area contributed by atoms with Gasteiger partial charge in [-0.1, -0.05) is 48.5 Å². The summed E-state index contributed by atoms with van der Waals surface area (Å²) in [6.07, 6.45) is 1.11. The van der Waals surface area contributed by atoms with Crippen LogP contribution in [0.25, 0.3) is 0 Å². The highest BCUT2D eigenvalue weighted by atomic mass is 32.2. The third-order valence-corrected chi connectivity index (χ3v) is 7.26. The number of hydrogen-bond donors (Lipinski definition) is 2. The second-order valence-electron chi connectivity index (χ2n) is 6.90. The fourth-order valence-corrected chi connectivity index (χ4v) is 5.26. The average molecular weight is 395 g/mol.